The molecule has 1 aromatic carbocycles. The highest BCUT2D eigenvalue weighted by atomic mass is 32.2. The first-order chi connectivity index (χ1) is 10.3. The van der Waals surface area contributed by atoms with E-state index in [1.807, 2.05) is 37.7 Å². The van der Waals surface area contributed by atoms with Gasteiger partial charge < -0.3 is 10.8 Å². The van der Waals surface area contributed by atoms with E-state index < -0.39 is 6.10 Å². The number of hydrogen-bond donors (Lipinski definition) is 2. The summed E-state index contributed by atoms with van der Waals surface area (Å²) in [5.74, 6) is 2.10. The van der Waals surface area contributed by atoms with Crippen molar-refractivity contribution < 1.29 is 5.11 Å². The van der Waals surface area contributed by atoms with Crippen LogP contribution in [0.4, 0.5) is 0 Å². The lowest BCUT2D eigenvalue weighted by molar-refractivity contribution is 0.170. The summed E-state index contributed by atoms with van der Waals surface area (Å²) >= 11 is 1.93. The third kappa shape index (κ3) is 6.86. The predicted octanol–water partition coefficient (Wildman–Crippen LogP) is 4.77. The molecule has 0 aromatic heterocycles. The molecule has 0 aliphatic heterocycles. The van der Waals surface area contributed by atoms with Gasteiger partial charge in [0.15, 0.2) is 0 Å². The fraction of sp³-hybridized carbons (Fsp3) is 0.667. The normalized spacial score (nSPS) is 17.0. The summed E-state index contributed by atoms with van der Waals surface area (Å²) in [6.07, 6.45) is 7.23. The molecule has 1 aliphatic carbocycles. The Morgan fingerprint density at radius 3 is 2.62 bits per heavy atom. The quantitative estimate of drug-likeness (QED) is 0.744. The van der Waals surface area contributed by atoms with Gasteiger partial charge in [0.1, 0.15) is 0 Å². The highest BCUT2D eigenvalue weighted by Crippen LogP contribution is 2.31. The number of aliphatic hydroxyl groups excluding tert-OH is 1. The molecule has 0 saturated heterocycles. The molecule has 0 heterocycles. The van der Waals surface area contributed by atoms with E-state index in [9.17, 15) is 5.11 Å². The fourth-order valence-corrected chi connectivity index (χ4v) is 3.86. The molecule has 2 nitrogen and oxygen atoms in total. The van der Waals surface area contributed by atoms with Crippen molar-refractivity contribution in [2.45, 2.75) is 63.4 Å². The molecule has 1 fully saturated rings. The van der Waals surface area contributed by atoms with Crippen molar-refractivity contribution in [2.24, 2.45) is 11.7 Å². The van der Waals surface area contributed by atoms with E-state index in [-0.39, 0.29) is 0 Å². The van der Waals surface area contributed by atoms with Crippen molar-refractivity contribution in [3.63, 3.8) is 0 Å². The van der Waals surface area contributed by atoms with Gasteiger partial charge in [0.2, 0.25) is 0 Å². The second-order valence-corrected chi connectivity index (χ2v) is 6.57. The van der Waals surface area contributed by atoms with Crippen LogP contribution in [0, 0.1) is 5.92 Å². The Bertz CT molecular complexity index is 377. The molecular formula is C18H31NOS. The molecule has 3 heteroatoms. The lowest BCUT2D eigenvalue weighted by Gasteiger charge is -2.21. The van der Waals surface area contributed by atoms with Crippen molar-refractivity contribution in [1.82, 2.24) is 0 Å². The fourth-order valence-electron chi connectivity index (χ4n) is 2.70. The second kappa shape index (κ2) is 11.1. The Morgan fingerprint density at radius 1 is 1.24 bits per heavy atom. The highest BCUT2D eigenvalue weighted by Gasteiger charge is 2.14. The third-order valence-electron chi connectivity index (χ3n) is 3.89. The van der Waals surface area contributed by atoms with E-state index in [1.54, 1.807) is 0 Å². The molecule has 0 radical (unpaired) electrons. The van der Waals surface area contributed by atoms with Crippen LogP contribution >= 0.6 is 11.8 Å². The van der Waals surface area contributed by atoms with Gasteiger partial charge in [-0.3, -0.25) is 0 Å². The molecule has 2 rings (SSSR count). The van der Waals surface area contributed by atoms with Crippen LogP contribution in [0.1, 0.15) is 64.0 Å². The van der Waals surface area contributed by atoms with Gasteiger partial charge in [-0.1, -0.05) is 45.2 Å². The molecule has 1 unspecified atom stereocenters. The molecule has 1 saturated carbocycles. The molecule has 120 valence electrons. The first-order valence-electron chi connectivity index (χ1n) is 8.40. The zero-order valence-electron chi connectivity index (χ0n) is 13.6. The van der Waals surface area contributed by atoms with Gasteiger partial charge in [0.05, 0.1) is 6.10 Å². The third-order valence-corrected chi connectivity index (χ3v) is 5.12. The van der Waals surface area contributed by atoms with E-state index in [1.165, 1.54) is 42.8 Å². The standard InChI is InChI=1S/C16H25NOS.C2H6/c17-10-9-16(18)14-7-4-8-15(11-14)19-12-13-5-2-1-3-6-13;1-2/h4,7-8,11,13,16,18H,1-3,5-6,9-10,12,17H2;1-2H3. The maximum atomic E-state index is 9.97. The van der Waals surface area contributed by atoms with Gasteiger partial charge >= 0.3 is 0 Å². The SMILES string of the molecule is CC.NCCC(O)c1cccc(SCC2CCCCC2)c1. The van der Waals surface area contributed by atoms with Gasteiger partial charge in [0, 0.05) is 10.6 Å². The van der Waals surface area contributed by atoms with Gasteiger partial charge in [-0.15, -0.1) is 11.8 Å². The van der Waals surface area contributed by atoms with Crippen LogP contribution in [0.15, 0.2) is 29.2 Å². The van der Waals surface area contributed by atoms with E-state index in [4.69, 9.17) is 5.73 Å². The first kappa shape index (κ1) is 18.5. The van der Waals surface area contributed by atoms with E-state index in [0.29, 0.717) is 13.0 Å². The van der Waals surface area contributed by atoms with Crippen LogP contribution in [0.3, 0.4) is 0 Å². The summed E-state index contributed by atoms with van der Waals surface area (Å²) in [5.41, 5.74) is 6.49. The Kier molecular flexibility index (Phi) is 9.81. The lowest BCUT2D eigenvalue weighted by atomic mass is 9.91. The molecular weight excluding hydrogens is 278 g/mol. The lowest BCUT2D eigenvalue weighted by Crippen LogP contribution is -2.08. The number of hydrogen-bond acceptors (Lipinski definition) is 3. The van der Waals surface area contributed by atoms with Crippen molar-refractivity contribution in [2.75, 3.05) is 12.3 Å². The number of nitrogens with two attached hydrogens (primary N) is 1. The smallest absolute Gasteiger partial charge is 0.0802 e. The van der Waals surface area contributed by atoms with Gasteiger partial charge in [0.25, 0.3) is 0 Å². The number of aliphatic hydroxyl groups is 1. The molecule has 0 bridgehead atoms. The summed E-state index contributed by atoms with van der Waals surface area (Å²) in [7, 11) is 0. The van der Waals surface area contributed by atoms with Crippen molar-refractivity contribution >= 4 is 11.8 Å². The second-order valence-electron chi connectivity index (χ2n) is 5.48. The minimum Gasteiger partial charge on any atom is -0.388 e. The predicted molar refractivity (Wildman–Crippen MR) is 93.7 cm³/mol. The summed E-state index contributed by atoms with van der Waals surface area (Å²) < 4.78 is 0. The van der Waals surface area contributed by atoms with Crippen molar-refractivity contribution in [1.29, 1.82) is 0 Å². The Balaban J connectivity index is 0.00000106. The zero-order valence-corrected chi connectivity index (χ0v) is 14.4. The van der Waals surface area contributed by atoms with Crippen LogP contribution in [-0.4, -0.2) is 17.4 Å². The Labute approximate surface area is 134 Å². The highest BCUT2D eigenvalue weighted by molar-refractivity contribution is 7.99. The number of rotatable bonds is 6. The molecule has 0 spiro atoms. The average molecular weight is 310 g/mol. The molecule has 1 atom stereocenters. The molecule has 1 aromatic rings. The molecule has 21 heavy (non-hydrogen) atoms. The monoisotopic (exact) mass is 309 g/mol. The van der Waals surface area contributed by atoms with E-state index >= 15 is 0 Å². The number of benzene rings is 1. The van der Waals surface area contributed by atoms with Crippen LogP contribution in [0.5, 0.6) is 0 Å². The van der Waals surface area contributed by atoms with Gasteiger partial charge in [-0.25, -0.2) is 0 Å². The summed E-state index contributed by atoms with van der Waals surface area (Å²) in [4.78, 5) is 1.28. The van der Waals surface area contributed by atoms with Crippen LogP contribution in [0.25, 0.3) is 0 Å². The van der Waals surface area contributed by atoms with E-state index in [0.717, 1.165) is 11.5 Å². The first-order valence-corrected chi connectivity index (χ1v) is 9.39. The maximum Gasteiger partial charge on any atom is 0.0802 e. The Morgan fingerprint density at radius 2 is 1.95 bits per heavy atom. The maximum absolute atomic E-state index is 9.97. The minimum absolute atomic E-state index is 0.416. The Hall–Kier alpha value is -0.510. The molecule has 3 N–H and O–H groups in total. The molecule has 0 amide bonds. The van der Waals surface area contributed by atoms with Crippen LogP contribution in [-0.2, 0) is 0 Å². The van der Waals surface area contributed by atoms with Crippen LogP contribution in [0.2, 0.25) is 0 Å². The van der Waals surface area contributed by atoms with E-state index in [2.05, 4.69) is 12.1 Å². The van der Waals surface area contributed by atoms with Crippen LogP contribution < -0.4 is 5.73 Å². The summed E-state index contributed by atoms with van der Waals surface area (Å²) in [6.45, 7) is 4.53. The van der Waals surface area contributed by atoms with Gasteiger partial charge in [-0.05, 0) is 49.4 Å². The van der Waals surface area contributed by atoms with Crippen molar-refractivity contribution in [3.05, 3.63) is 29.8 Å². The zero-order chi connectivity index (χ0) is 15.5. The number of thioether (sulfide) groups is 1. The molecule has 1 aliphatic rings. The summed E-state index contributed by atoms with van der Waals surface area (Å²) in [6, 6.07) is 8.29. The van der Waals surface area contributed by atoms with Gasteiger partial charge in [-0.2, -0.15) is 0 Å². The summed E-state index contributed by atoms with van der Waals surface area (Å²) in [5, 5.41) is 9.97. The largest absolute Gasteiger partial charge is 0.388 e. The minimum atomic E-state index is -0.416. The average Bonchev–Trinajstić information content (AvgIpc) is 2.56. The van der Waals surface area contributed by atoms with Crippen molar-refractivity contribution in [3.8, 4) is 0 Å². The topological polar surface area (TPSA) is 46.2 Å².